The average molecular weight is 592 g/mol. The first-order chi connectivity index (χ1) is 21.4. The van der Waals surface area contributed by atoms with Crippen molar-refractivity contribution in [1.82, 2.24) is 14.5 Å². The van der Waals surface area contributed by atoms with Gasteiger partial charge in [-0.15, -0.1) is 0 Å². The molecule has 224 valence electrons. The lowest BCUT2D eigenvalue weighted by atomic mass is 9.65. The van der Waals surface area contributed by atoms with Gasteiger partial charge in [0.15, 0.2) is 0 Å². The molecule has 4 heterocycles. The molecule has 1 N–H and O–H groups in total. The maximum atomic E-state index is 11.2. The fourth-order valence-corrected chi connectivity index (χ4v) is 7.14. The van der Waals surface area contributed by atoms with Crippen molar-refractivity contribution >= 4 is 33.0 Å². The summed E-state index contributed by atoms with van der Waals surface area (Å²) in [4.78, 5) is 10.3. The quantitative estimate of drug-likeness (QED) is 0.217. The highest BCUT2D eigenvalue weighted by molar-refractivity contribution is 6.12. The molecule has 7 aromatic rings. The van der Waals surface area contributed by atoms with Crippen molar-refractivity contribution in [2.45, 2.75) is 64.8 Å². The zero-order chi connectivity index (χ0) is 31.5. The molecule has 0 saturated heterocycles. The smallest absolute Gasteiger partial charge is 0.145 e. The Hall–Kier alpha value is -4.90. The van der Waals surface area contributed by atoms with Crippen molar-refractivity contribution in [2.75, 3.05) is 0 Å². The summed E-state index contributed by atoms with van der Waals surface area (Å²) in [6.45, 7) is 15.7. The number of fused-ring (bicyclic) bond motifs is 8. The highest BCUT2D eigenvalue weighted by atomic mass is 16.3. The van der Waals surface area contributed by atoms with E-state index in [1.807, 2.05) is 24.4 Å². The maximum Gasteiger partial charge on any atom is 0.145 e. The van der Waals surface area contributed by atoms with Crippen LogP contribution in [0.4, 0.5) is 0 Å². The van der Waals surface area contributed by atoms with E-state index in [0.717, 1.165) is 72.3 Å². The van der Waals surface area contributed by atoms with E-state index in [9.17, 15) is 5.11 Å². The van der Waals surface area contributed by atoms with E-state index >= 15 is 0 Å². The molecule has 5 heteroatoms. The largest absolute Gasteiger partial charge is 0.507 e. The molecule has 0 saturated carbocycles. The summed E-state index contributed by atoms with van der Waals surface area (Å²) >= 11 is 0. The normalized spacial score (nSPS) is 15.4. The van der Waals surface area contributed by atoms with E-state index in [2.05, 4.69) is 114 Å². The second kappa shape index (κ2) is 9.07. The first kappa shape index (κ1) is 27.6. The zero-order valence-electron chi connectivity index (χ0n) is 26.9. The minimum atomic E-state index is -0.314. The highest BCUT2D eigenvalue weighted by Gasteiger charge is 2.48. The van der Waals surface area contributed by atoms with Crippen LogP contribution in [-0.4, -0.2) is 19.6 Å². The summed E-state index contributed by atoms with van der Waals surface area (Å²) in [7, 11) is 0. The predicted octanol–water partition coefficient (Wildman–Crippen LogP) is 10.4. The number of aromatic hydroxyl groups is 1. The lowest BCUT2D eigenvalue weighted by molar-refractivity contribution is 0.201. The van der Waals surface area contributed by atoms with Crippen LogP contribution in [-0.2, 0) is 16.4 Å². The van der Waals surface area contributed by atoms with Gasteiger partial charge in [-0.3, -0.25) is 4.98 Å². The third-order valence-electron chi connectivity index (χ3n) is 10.4. The third kappa shape index (κ3) is 3.79. The molecule has 0 amide bonds. The Morgan fingerprint density at radius 1 is 0.800 bits per heavy atom. The average Bonchev–Trinajstić information content (AvgIpc) is 3.59. The summed E-state index contributed by atoms with van der Waals surface area (Å²) in [6.07, 6.45) is 1.98. The minimum absolute atomic E-state index is 0.00728. The van der Waals surface area contributed by atoms with Crippen LogP contribution in [0.3, 0.4) is 0 Å². The van der Waals surface area contributed by atoms with Crippen molar-refractivity contribution < 1.29 is 9.52 Å². The maximum absolute atomic E-state index is 11.2. The molecule has 0 aliphatic carbocycles. The van der Waals surface area contributed by atoms with Crippen LogP contribution >= 0.6 is 0 Å². The Labute approximate surface area is 263 Å². The fraction of sp³-hybridized carbons (Fsp3) is 0.250. The molecule has 5 nitrogen and oxygen atoms in total. The van der Waals surface area contributed by atoms with E-state index in [1.54, 1.807) is 6.07 Å². The van der Waals surface area contributed by atoms with Gasteiger partial charge in [0, 0.05) is 33.5 Å². The van der Waals surface area contributed by atoms with Gasteiger partial charge in [-0.1, -0.05) is 83.1 Å². The second-order valence-corrected chi connectivity index (χ2v) is 14.5. The standard InChI is InChI=1S/C40H37N3O2/c1-38(2,3)24-18-19-30(41-22-24)28-21-23(20-27-26-12-8-9-17-33(26)45-36(27)28)25-13-10-15-31-35(25)42-37-34-29(14-11-16-32(34)44)39(4,5)40(6,7)43(31)37/h8-22,44H,1-7H3. The van der Waals surface area contributed by atoms with Crippen LogP contribution in [0.25, 0.3) is 66.7 Å². The summed E-state index contributed by atoms with van der Waals surface area (Å²) in [6, 6.07) is 29.1. The Morgan fingerprint density at radius 2 is 1.58 bits per heavy atom. The number of benzene rings is 4. The van der Waals surface area contributed by atoms with Crippen LogP contribution in [0.15, 0.2) is 95.5 Å². The number of imidazole rings is 1. The first-order valence-corrected chi connectivity index (χ1v) is 15.7. The number of rotatable bonds is 2. The Kier molecular flexibility index (Phi) is 5.57. The number of phenols is 1. The number of para-hydroxylation sites is 2. The SMILES string of the molecule is CC(C)(C)c1ccc(-c2cc(-c3cccc4c3nc3n4C(C)(C)C(C)(C)c4cccc(O)c4-3)cc3c2oc2ccccc23)nc1. The summed E-state index contributed by atoms with van der Waals surface area (Å²) in [5.41, 5.74) is 10.0. The van der Waals surface area contributed by atoms with Crippen LogP contribution in [0.5, 0.6) is 5.75 Å². The van der Waals surface area contributed by atoms with Gasteiger partial charge in [0.05, 0.1) is 27.8 Å². The topological polar surface area (TPSA) is 64.1 Å². The molecule has 3 aromatic heterocycles. The molecular weight excluding hydrogens is 554 g/mol. The first-order valence-electron chi connectivity index (χ1n) is 15.7. The lowest BCUT2D eigenvalue weighted by Crippen LogP contribution is -2.48. The molecular formula is C40H37N3O2. The summed E-state index contributed by atoms with van der Waals surface area (Å²) in [5.74, 6) is 1.05. The Bertz CT molecular complexity index is 2310. The van der Waals surface area contributed by atoms with Gasteiger partial charge < -0.3 is 14.1 Å². The molecule has 0 atom stereocenters. The van der Waals surface area contributed by atoms with Gasteiger partial charge in [0.25, 0.3) is 0 Å². The lowest BCUT2D eigenvalue weighted by Gasteiger charge is -2.48. The van der Waals surface area contributed by atoms with E-state index < -0.39 is 0 Å². The second-order valence-electron chi connectivity index (χ2n) is 14.5. The van der Waals surface area contributed by atoms with Crippen LogP contribution in [0.2, 0.25) is 0 Å². The molecule has 0 spiro atoms. The van der Waals surface area contributed by atoms with Crippen molar-refractivity contribution in [1.29, 1.82) is 0 Å². The minimum Gasteiger partial charge on any atom is -0.507 e. The Balaban J connectivity index is 1.43. The van der Waals surface area contributed by atoms with Gasteiger partial charge in [0.2, 0.25) is 0 Å². The van der Waals surface area contributed by atoms with Crippen molar-refractivity contribution in [2.24, 2.45) is 0 Å². The van der Waals surface area contributed by atoms with E-state index in [0.29, 0.717) is 0 Å². The highest BCUT2D eigenvalue weighted by Crippen LogP contribution is 2.54. The molecule has 0 unspecified atom stereocenters. The number of phenolic OH excluding ortho intramolecular Hbond substituents is 1. The van der Waals surface area contributed by atoms with E-state index in [4.69, 9.17) is 14.4 Å². The number of hydrogen-bond donors (Lipinski definition) is 1. The van der Waals surface area contributed by atoms with Gasteiger partial charge in [-0.25, -0.2) is 4.98 Å². The van der Waals surface area contributed by atoms with Gasteiger partial charge in [-0.05, 0) is 72.4 Å². The van der Waals surface area contributed by atoms with Crippen molar-refractivity contribution in [3.63, 3.8) is 0 Å². The molecule has 1 aliphatic rings. The number of aromatic nitrogens is 3. The predicted molar refractivity (Wildman–Crippen MR) is 184 cm³/mol. The molecule has 0 fully saturated rings. The van der Waals surface area contributed by atoms with Gasteiger partial charge >= 0.3 is 0 Å². The van der Waals surface area contributed by atoms with Crippen LogP contribution in [0, 0.1) is 0 Å². The van der Waals surface area contributed by atoms with Crippen LogP contribution in [0.1, 0.15) is 59.6 Å². The number of hydrogen-bond acceptors (Lipinski definition) is 4. The monoisotopic (exact) mass is 591 g/mol. The molecule has 0 radical (unpaired) electrons. The molecule has 45 heavy (non-hydrogen) atoms. The number of pyridine rings is 1. The number of furan rings is 1. The van der Waals surface area contributed by atoms with Gasteiger partial charge in [-0.2, -0.15) is 0 Å². The molecule has 0 bridgehead atoms. The van der Waals surface area contributed by atoms with E-state index in [1.165, 1.54) is 5.56 Å². The van der Waals surface area contributed by atoms with Gasteiger partial charge in [0.1, 0.15) is 22.7 Å². The Morgan fingerprint density at radius 3 is 2.33 bits per heavy atom. The van der Waals surface area contributed by atoms with Crippen molar-refractivity contribution in [3.8, 4) is 39.5 Å². The van der Waals surface area contributed by atoms with Crippen LogP contribution < -0.4 is 0 Å². The third-order valence-corrected chi connectivity index (χ3v) is 10.4. The molecule has 4 aromatic carbocycles. The van der Waals surface area contributed by atoms with E-state index in [-0.39, 0.29) is 22.1 Å². The molecule has 1 aliphatic heterocycles. The fourth-order valence-electron chi connectivity index (χ4n) is 7.14. The number of nitrogens with zero attached hydrogens (tertiary/aromatic N) is 3. The van der Waals surface area contributed by atoms with Crippen molar-refractivity contribution in [3.05, 3.63) is 102 Å². The summed E-state index contributed by atoms with van der Waals surface area (Å²) < 4.78 is 8.82. The molecule has 8 rings (SSSR count). The zero-order valence-corrected chi connectivity index (χ0v) is 26.9. The summed E-state index contributed by atoms with van der Waals surface area (Å²) in [5, 5.41) is 13.3.